The summed E-state index contributed by atoms with van der Waals surface area (Å²) < 4.78 is 7.50. The van der Waals surface area contributed by atoms with Crippen LogP contribution in [0, 0.1) is 0 Å². The van der Waals surface area contributed by atoms with Crippen molar-refractivity contribution >= 4 is 11.9 Å². The first kappa shape index (κ1) is 16.6. The van der Waals surface area contributed by atoms with Gasteiger partial charge < -0.3 is 15.8 Å². The first-order chi connectivity index (χ1) is 10.2. The van der Waals surface area contributed by atoms with Gasteiger partial charge in [-0.15, -0.1) is 0 Å². The predicted molar refractivity (Wildman–Crippen MR) is 86.8 cm³/mol. The van der Waals surface area contributed by atoms with Crippen molar-refractivity contribution in [3.05, 3.63) is 11.8 Å². The Labute approximate surface area is 132 Å². The Morgan fingerprint density at radius 3 is 2.73 bits per heavy atom. The summed E-state index contributed by atoms with van der Waals surface area (Å²) in [4.78, 5) is 11.7. The minimum absolute atomic E-state index is 0.0340. The summed E-state index contributed by atoms with van der Waals surface area (Å²) in [5.74, 6) is 0.882. The largest absolute Gasteiger partial charge is 0.446 e. The number of alkyl carbamates (subject to hydrolysis) is 1. The van der Waals surface area contributed by atoms with Gasteiger partial charge in [0, 0.05) is 23.7 Å². The predicted octanol–water partition coefficient (Wildman–Crippen LogP) is 2.99. The van der Waals surface area contributed by atoms with Gasteiger partial charge in [-0.1, -0.05) is 0 Å². The van der Waals surface area contributed by atoms with Crippen molar-refractivity contribution < 1.29 is 9.53 Å². The smallest absolute Gasteiger partial charge is 0.407 e. The van der Waals surface area contributed by atoms with Crippen LogP contribution in [0.15, 0.2) is 6.07 Å². The Morgan fingerprint density at radius 1 is 1.45 bits per heavy atom. The van der Waals surface area contributed by atoms with Crippen molar-refractivity contribution in [1.29, 1.82) is 0 Å². The highest BCUT2D eigenvalue weighted by Gasteiger charge is 2.33. The molecule has 1 aliphatic rings. The van der Waals surface area contributed by atoms with E-state index < -0.39 is 0 Å². The number of hydrogen-bond donors (Lipinski definition) is 2. The minimum Gasteiger partial charge on any atom is -0.446 e. The third kappa shape index (κ3) is 3.93. The van der Waals surface area contributed by atoms with Gasteiger partial charge in [0.05, 0.1) is 5.54 Å². The van der Waals surface area contributed by atoms with E-state index in [4.69, 9.17) is 10.5 Å². The van der Waals surface area contributed by atoms with E-state index >= 15 is 0 Å². The first-order valence-electron chi connectivity index (χ1n) is 8.00. The number of ether oxygens (including phenoxy) is 1. The molecule has 1 heterocycles. The van der Waals surface area contributed by atoms with Crippen molar-refractivity contribution in [3.8, 4) is 0 Å². The molecule has 0 aromatic carbocycles. The summed E-state index contributed by atoms with van der Waals surface area (Å²) in [6.07, 6.45) is 2.33. The van der Waals surface area contributed by atoms with Gasteiger partial charge in [0.15, 0.2) is 0 Å². The lowest BCUT2D eigenvalue weighted by Gasteiger charge is -2.24. The Hall–Kier alpha value is -1.72. The zero-order chi connectivity index (χ0) is 16.5. The molecule has 124 valence electrons. The maximum Gasteiger partial charge on any atom is 0.407 e. The standard InChI is InChI=1S/C16H28N4O2/c1-10(2)18-15(21)22-12-7-6-11(8-12)13-9-14(17)19-20(13)16(3,4)5/h9-12H,6-8H2,1-5H3,(H2,17,19)(H,18,21)/t11-,12+/m1/s1. The van der Waals surface area contributed by atoms with Crippen LogP contribution in [-0.4, -0.2) is 28.0 Å². The van der Waals surface area contributed by atoms with Gasteiger partial charge in [-0.05, 0) is 53.9 Å². The van der Waals surface area contributed by atoms with Gasteiger partial charge >= 0.3 is 6.09 Å². The molecule has 6 heteroatoms. The number of anilines is 1. The van der Waals surface area contributed by atoms with E-state index in [0.717, 1.165) is 25.0 Å². The van der Waals surface area contributed by atoms with Crippen LogP contribution in [0.5, 0.6) is 0 Å². The fourth-order valence-corrected chi connectivity index (χ4v) is 2.98. The van der Waals surface area contributed by atoms with Crippen LogP contribution in [0.2, 0.25) is 0 Å². The van der Waals surface area contributed by atoms with E-state index in [1.54, 1.807) is 0 Å². The highest BCUT2D eigenvalue weighted by Crippen LogP contribution is 2.38. The molecule has 1 fully saturated rings. The molecule has 0 saturated heterocycles. The molecular formula is C16H28N4O2. The average Bonchev–Trinajstić information content (AvgIpc) is 2.93. The molecule has 1 amide bonds. The van der Waals surface area contributed by atoms with Crippen LogP contribution in [0.4, 0.5) is 10.6 Å². The average molecular weight is 308 g/mol. The van der Waals surface area contributed by atoms with Crippen LogP contribution in [0.3, 0.4) is 0 Å². The molecule has 2 rings (SSSR count). The molecule has 6 nitrogen and oxygen atoms in total. The summed E-state index contributed by atoms with van der Waals surface area (Å²) >= 11 is 0. The molecule has 1 aliphatic carbocycles. The number of rotatable bonds is 3. The van der Waals surface area contributed by atoms with Crippen LogP contribution in [0.1, 0.15) is 65.5 Å². The van der Waals surface area contributed by atoms with Crippen molar-refractivity contribution in [2.45, 2.75) is 77.5 Å². The molecule has 0 bridgehead atoms. The van der Waals surface area contributed by atoms with E-state index in [9.17, 15) is 4.79 Å². The molecule has 2 atom stereocenters. The van der Waals surface area contributed by atoms with Crippen LogP contribution < -0.4 is 11.1 Å². The highest BCUT2D eigenvalue weighted by molar-refractivity contribution is 5.67. The van der Waals surface area contributed by atoms with Crippen LogP contribution >= 0.6 is 0 Å². The quantitative estimate of drug-likeness (QED) is 0.899. The Morgan fingerprint density at radius 2 is 2.14 bits per heavy atom. The molecule has 0 spiro atoms. The number of amides is 1. The molecule has 1 aromatic heterocycles. The summed E-state index contributed by atoms with van der Waals surface area (Å²) in [6, 6.07) is 2.04. The summed E-state index contributed by atoms with van der Waals surface area (Å²) in [6.45, 7) is 10.2. The van der Waals surface area contributed by atoms with Gasteiger partial charge in [-0.2, -0.15) is 5.10 Å². The van der Waals surface area contributed by atoms with Crippen molar-refractivity contribution in [2.24, 2.45) is 0 Å². The van der Waals surface area contributed by atoms with Gasteiger partial charge in [-0.25, -0.2) is 4.79 Å². The number of nitrogens with zero attached hydrogens (tertiary/aromatic N) is 2. The minimum atomic E-state index is -0.329. The summed E-state index contributed by atoms with van der Waals surface area (Å²) in [5, 5.41) is 7.19. The zero-order valence-electron chi connectivity index (χ0n) is 14.2. The lowest BCUT2D eigenvalue weighted by atomic mass is 10.0. The van der Waals surface area contributed by atoms with Gasteiger partial charge in [-0.3, -0.25) is 4.68 Å². The Balaban J connectivity index is 2.03. The van der Waals surface area contributed by atoms with E-state index in [0.29, 0.717) is 11.7 Å². The fourth-order valence-electron chi connectivity index (χ4n) is 2.98. The van der Waals surface area contributed by atoms with Gasteiger partial charge in [0.25, 0.3) is 0 Å². The molecule has 0 aliphatic heterocycles. The molecule has 22 heavy (non-hydrogen) atoms. The molecule has 1 saturated carbocycles. The SMILES string of the molecule is CC(C)NC(=O)O[C@H]1CC[C@@H](c2cc(N)nn2C(C)(C)C)C1. The monoisotopic (exact) mass is 308 g/mol. The molecule has 3 N–H and O–H groups in total. The zero-order valence-corrected chi connectivity index (χ0v) is 14.2. The van der Waals surface area contributed by atoms with Gasteiger partial charge in [0.2, 0.25) is 0 Å². The fraction of sp³-hybridized carbons (Fsp3) is 0.750. The van der Waals surface area contributed by atoms with Crippen molar-refractivity contribution in [2.75, 3.05) is 5.73 Å². The number of carbonyl (C=O) groups excluding carboxylic acids is 1. The van der Waals surface area contributed by atoms with Crippen molar-refractivity contribution in [1.82, 2.24) is 15.1 Å². The maximum absolute atomic E-state index is 11.7. The molecule has 0 unspecified atom stereocenters. The van der Waals surface area contributed by atoms with E-state index in [1.807, 2.05) is 24.6 Å². The number of nitrogen functional groups attached to an aromatic ring is 1. The second kappa shape index (κ2) is 6.18. The number of carbonyl (C=O) groups is 1. The third-order valence-electron chi connectivity index (χ3n) is 3.87. The highest BCUT2D eigenvalue weighted by atomic mass is 16.6. The Bertz CT molecular complexity index is 531. The van der Waals surface area contributed by atoms with Gasteiger partial charge in [0.1, 0.15) is 11.9 Å². The lowest BCUT2D eigenvalue weighted by Crippen LogP contribution is -2.33. The number of nitrogens with one attached hydrogen (secondary N) is 1. The lowest BCUT2D eigenvalue weighted by molar-refractivity contribution is 0.0979. The van der Waals surface area contributed by atoms with E-state index in [-0.39, 0.29) is 23.8 Å². The van der Waals surface area contributed by atoms with E-state index in [1.165, 1.54) is 0 Å². The molecule has 0 radical (unpaired) electrons. The van der Waals surface area contributed by atoms with Crippen LogP contribution in [0.25, 0.3) is 0 Å². The third-order valence-corrected chi connectivity index (χ3v) is 3.87. The summed E-state index contributed by atoms with van der Waals surface area (Å²) in [7, 11) is 0. The van der Waals surface area contributed by atoms with Crippen LogP contribution in [-0.2, 0) is 10.3 Å². The maximum atomic E-state index is 11.7. The van der Waals surface area contributed by atoms with E-state index in [2.05, 4.69) is 31.2 Å². The second-order valence-electron chi connectivity index (χ2n) is 7.41. The number of aromatic nitrogens is 2. The first-order valence-corrected chi connectivity index (χ1v) is 8.00. The van der Waals surface area contributed by atoms with Crippen molar-refractivity contribution in [3.63, 3.8) is 0 Å². The Kier molecular flexibility index (Phi) is 4.68. The topological polar surface area (TPSA) is 82.2 Å². The normalized spacial score (nSPS) is 22.1. The number of hydrogen-bond acceptors (Lipinski definition) is 4. The second-order valence-corrected chi connectivity index (χ2v) is 7.41. The molecule has 1 aromatic rings. The summed E-state index contributed by atoms with van der Waals surface area (Å²) in [5.41, 5.74) is 6.92. The number of nitrogens with two attached hydrogens (primary N) is 1. The molecular weight excluding hydrogens is 280 g/mol.